The fourth-order valence-electron chi connectivity index (χ4n) is 4.78. The van der Waals surface area contributed by atoms with E-state index in [1.54, 1.807) is 4.90 Å². The Balaban J connectivity index is 0.00000387. The van der Waals surface area contributed by atoms with Crippen molar-refractivity contribution in [3.8, 4) is 22.5 Å². The van der Waals surface area contributed by atoms with Crippen LogP contribution in [0.4, 0.5) is 0 Å². The Hall–Kier alpha value is -3.06. The van der Waals surface area contributed by atoms with E-state index in [0.29, 0.717) is 24.5 Å². The molecule has 0 radical (unpaired) electrons. The molecule has 8 heteroatoms. The van der Waals surface area contributed by atoms with Crippen molar-refractivity contribution >= 4 is 24.1 Å². The summed E-state index contributed by atoms with van der Waals surface area (Å²) in [5.74, 6) is 0.724. The molecule has 7 nitrogen and oxygen atoms in total. The first kappa shape index (κ1) is 16.5. The second-order valence-electron chi connectivity index (χ2n) is 8.44. The largest absolute Gasteiger partial charge is 0.294 e. The Labute approximate surface area is 216 Å². The van der Waals surface area contributed by atoms with Gasteiger partial charge in [0.1, 0.15) is 11.4 Å². The fourth-order valence-corrected chi connectivity index (χ4v) is 4.78. The lowest BCUT2D eigenvalue weighted by Crippen LogP contribution is -2.40. The van der Waals surface area contributed by atoms with Gasteiger partial charge < -0.3 is 0 Å². The summed E-state index contributed by atoms with van der Waals surface area (Å²) < 4.78 is 54.7. The molecule has 1 aliphatic heterocycles. The monoisotopic (exact) mass is 485 g/mol. The van der Waals surface area contributed by atoms with Crippen molar-refractivity contribution in [2.45, 2.75) is 70.2 Å². The summed E-state index contributed by atoms with van der Waals surface area (Å²) in [7, 11) is 0. The zero-order valence-corrected chi connectivity index (χ0v) is 19.4. The van der Waals surface area contributed by atoms with Gasteiger partial charge in [0.25, 0.3) is 5.91 Å². The Bertz CT molecular complexity index is 1400. The number of amides is 1. The third-order valence-electron chi connectivity index (χ3n) is 6.41. The average molecular weight is 486 g/mol. The Kier molecular flexibility index (Phi) is 5.10. The molecule has 1 amide bonds. The van der Waals surface area contributed by atoms with Crippen LogP contribution in [0.15, 0.2) is 53.5 Å². The van der Waals surface area contributed by atoms with Gasteiger partial charge in [-0.1, -0.05) is 81.0 Å². The minimum absolute atomic E-state index is 0. The predicted octanol–water partition coefficient (Wildman–Crippen LogP) is 5.59. The first-order valence-electron chi connectivity index (χ1n) is 14.7. The zero-order valence-electron chi connectivity index (χ0n) is 25.6. The predicted molar refractivity (Wildman–Crippen MR) is 136 cm³/mol. The number of tetrazole rings is 1. The highest BCUT2D eigenvalue weighted by molar-refractivity contribution is 6.08. The van der Waals surface area contributed by atoms with Gasteiger partial charge >= 0.3 is 0 Å². The number of amidine groups is 1. The molecule has 178 valence electrons. The van der Waals surface area contributed by atoms with Crippen molar-refractivity contribution in [3.63, 3.8) is 0 Å². The van der Waals surface area contributed by atoms with Crippen LogP contribution in [0.5, 0.6) is 0 Å². The minimum Gasteiger partial charge on any atom is -0.294 e. The summed E-state index contributed by atoms with van der Waals surface area (Å²) in [5, 5.41) is 14.3. The maximum Gasteiger partial charge on any atom is 0.256 e. The van der Waals surface area contributed by atoms with Crippen LogP contribution in [0.3, 0.4) is 0 Å². The van der Waals surface area contributed by atoms with E-state index in [0.717, 1.165) is 35.1 Å². The van der Waals surface area contributed by atoms with Crippen molar-refractivity contribution in [2.75, 3.05) is 0 Å². The first-order chi connectivity index (χ1) is 18.8. The van der Waals surface area contributed by atoms with E-state index < -0.39 is 31.6 Å². The number of benzene rings is 2. The first-order valence-corrected chi connectivity index (χ1v) is 11.2. The molecule has 1 saturated carbocycles. The molecule has 0 unspecified atom stereocenters. The van der Waals surface area contributed by atoms with Gasteiger partial charge in [0.05, 0.1) is 6.54 Å². The van der Waals surface area contributed by atoms with Gasteiger partial charge in [0, 0.05) is 21.6 Å². The Morgan fingerprint density at radius 2 is 1.88 bits per heavy atom. The van der Waals surface area contributed by atoms with Crippen LogP contribution < -0.4 is 0 Å². The molecule has 34 heavy (non-hydrogen) atoms. The van der Waals surface area contributed by atoms with Crippen LogP contribution in [0.25, 0.3) is 22.5 Å². The fraction of sp³-hybridized carbons (Fsp3) is 0.423. The van der Waals surface area contributed by atoms with Crippen molar-refractivity contribution in [2.24, 2.45) is 4.99 Å². The van der Waals surface area contributed by atoms with Crippen LogP contribution in [0, 0.1) is 0 Å². The number of aliphatic imine (C=N–C) groups is 1. The lowest BCUT2D eigenvalue weighted by atomic mass is 9.97. The maximum absolute atomic E-state index is 13.6. The van der Waals surface area contributed by atoms with Crippen molar-refractivity contribution in [3.05, 3.63) is 54.1 Å². The average Bonchev–Trinajstić information content (AvgIpc) is 3.67. The number of carbonyl (C=O) groups is 1. The molecular formula is C26H31ClN6O. The molecule has 2 aliphatic rings. The normalized spacial score (nSPS) is 20.9. The van der Waals surface area contributed by atoms with Crippen LogP contribution in [-0.2, 0) is 11.3 Å². The molecule has 0 atom stereocenters. The van der Waals surface area contributed by atoms with Gasteiger partial charge in [-0.25, -0.2) is 0 Å². The number of nitrogens with one attached hydrogen (secondary N) is 1. The summed E-state index contributed by atoms with van der Waals surface area (Å²) in [6.45, 7) is -2.90. The lowest BCUT2D eigenvalue weighted by molar-refractivity contribution is -0.131. The highest BCUT2D eigenvalue weighted by Gasteiger charge is 2.49. The molecule has 1 aliphatic carbocycles. The number of H-pyrrole nitrogens is 1. The van der Waals surface area contributed by atoms with Gasteiger partial charge in [0.15, 0.2) is 0 Å². The zero-order chi connectivity index (χ0) is 28.8. The molecule has 3 aromatic rings. The number of hydrogen-bond acceptors (Lipinski definition) is 5. The number of hydrogen-bond donors (Lipinski definition) is 1. The van der Waals surface area contributed by atoms with E-state index in [1.807, 2.05) is 48.5 Å². The van der Waals surface area contributed by atoms with E-state index in [9.17, 15) is 4.79 Å². The highest BCUT2D eigenvalue weighted by atomic mass is 35.5. The summed E-state index contributed by atoms with van der Waals surface area (Å²) in [6, 6.07) is 15.4. The summed E-state index contributed by atoms with van der Waals surface area (Å²) in [6.07, 6.45) is -3.20. The molecular weight excluding hydrogens is 448 g/mol. The summed E-state index contributed by atoms with van der Waals surface area (Å²) >= 11 is 0. The molecule has 2 aromatic carbocycles. The molecule has 1 spiro atoms. The topological polar surface area (TPSA) is 87.1 Å². The maximum atomic E-state index is 13.6. The van der Waals surface area contributed by atoms with Gasteiger partial charge in [-0.15, -0.1) is 22.6 Å². The lowest BCUT2D eigenvalue weighted by Gasteiger charge is -2.23. The van der Waals surface area contributed by atoms with Gasteiger partial charge in [-0.05, 0) is 41.2 Å². The summed E-state index contributed by atoms with van der Waals surface area (Å²) in [5.41, 5.74) is 2.65. The number of aromatic amines is 1. The second kappa shape index (κ2) is 10.5. The highest BCUT2D eigenvalue weighted by Crippen LogP contribution is 2.40. The van der Waals surface area contributed by atoms with Crippen molar-refractivity contribution < 1.29 is 14.4 Å². The van der Waals surface area contributed by atoms with E-state index in [2.05, 4.69) is 20.6 Å². The molecule has 1 fully saturated rings. The number of nitrogens with zero attached hydrogens (tertiary/aromatic N) is 5. The van der Waals surface area contributed by atoms with Crippen LogP contribution in [-0.4, -0.2) is 42.8 Å². The number of aromatic nitrogens is 4. The quantitative estimate of drug-likeness (QED) is 0.450. The third kappa shape index (κ3) is 4.62. The molecule has 0 saturated heterocycles. The summed E-state index contributed by atoms with van der Waals surface area (Å²) in [4.78, 5) is 20.0. The molecule has 5 rings (SSSR count). The van der Waals surface area contributed by atoms with Gasteiger partial charge in [0.2, 0.25) is 5.82 Å². The van der Waals surface area contributed by atoms with E-state index >= 15 is 0 Å². The van der Waals surface area contributed by atoms with Crippen LogP contribution in [0.1, 0.15) is 73.3 Å². The molecule has 1 aromatic heterocycles. The second-order valence-corrected chi connectivity index (χ2v) is 8.44. The van der Waals surface area contributed by atoms with Crippen LogP contribution in [0.2, 0.25) is 0 Å². The number of halogens is 1. The van der Waals surface area contributed by atoms with Crippen molar-refractivity contribution in [1.29, 1.82) is 0 Å². The Morgan fingerprint density at radius 3 is 2.59 bits per heavy atom. The smallest absolute Gasteiger partial charge is 0.256 e. The Morgan fingerprint density at radius 1 is 1.12 bits per heavy atom. The molecule has 2 heterocycles. The van der Waals surface area contributed by atoms with E-state index in [1.165, 1.54) is 0 Å². The number of rotatable bonds is 8. The molecule has 1 N–H and O–H groups in total. The van der Waals surface area contributed by atoms with Gasteiger partial charge in [-0.2, -0.15) is 5.21 Å². The van der Waals surface area contributed by atoms with Crippen LogP contribution >= 0.6 is 12.4 Å². The third-order valence-corrected chi connectivity index (χ3v) is 6.41. The standard InChI is InChI=1S/C26H30N6O.ClH/c1-2-3-4-11-23-27-26(16-7-8-17-26)25(33)32(23)18-19-12-14-20(15-13-19)21-9-5-6-10-22(21)24-28-30-31-29-24;/h5-6,9-10,12-15H,2-4,7-8,11,16-18H2,1H3,(H,28,29,30,31);1H/i1D3,2D2,3D2;. The van der Waals surface area contributed by atoms with Gasteiger partial charge in [-0.3, -0.25) is 14.7 Å². The van der Waals surface area contributed by atoms with E-state index in [-0.39, 0.29) is 31.3 Å². The SMILES string of the molecule is Cl.[2H]C([2H])([2H])C([2H])([2H])C([2H])([2H])CCC1=NC2(CCCC2)C(=O)N1Cc1ccc(-c2ccccc2-c2nn[nH]n2)cc1. The van der Waals surface area contributed by atoms with Crippen molar-refractivity contribution in [1.82, 2.24) is 25.5 Å². The number of carbonyl (C=O) groups excluding carboxylic acids is 1. The minimum atomic E-state index is -3.12. The molecule has 0 bridgehead atoms. The van der Waals surface area contributed by atoms with E-state index in [4.69, 9.17) is 14.6 Å².